The number of benzene rings is 1. The maximum Gasteiger partial charge on any atom is 0.142 e. The fraction of sp³-hybridized carbons (Fsp3) is 0.462. The Morgan fingerprint density at radius 2 is 1.93 bits per heavy atom. The molecule has 0 unspecified atom stereocenters. The van der Waals surface area contributed by atoms with Gasteiger partial charge >= 0.3 is 0 Å². The molecule has 0 radical (unpaired) electrons. The van der Waals surface area contributed by atoms with Crippen LogP contribution in [0.15, 0.2) is 22.7 Å². The Hall–Kier alpha value is -0.630. The van der Waals surface area contributed by atoms with Crippen LogP contribution in [-0.2, 0) is 11.2 Å². The SMILES string of the molecule is Cc1cccc(CC(=O)C(C)(C)C)c1Br. The molecule has 0 aliphatic carbocycles. The van der Waals surface area contributed by atoms with E-state index in [1.807, 2.05) is 45.9 Å². The molecule has 1 aromatic rings. The summed E-state index contributed by atoms with van der Waals surface area (Å²) in [6, 6.07) is 6.03. The summed E-state index contributed by atoms with van der Waals surface area (Å²) in [5.74, 6) is 0.272. The largest absolute Gasteiger partial charge is 0.299 e. The first-order chi connectivity index (χ1) is 6.82. The molecular formula is C13H17BrO. The monoisotopic (exact) mass is 268 g/mol. The zero-order chi connectivity index (χ0) is 11.6. The number of halogens is 1. The summed E-state index contributed by atoms with van der Waals surface area (Å²) in [5.41, 5.74) is 1.99. The van der Waals surface area contributed by atoms with E-state index in [1.54, 1.807) is 0 Å². The molecule has 15 heavy (non-hydrogen) atoms. The number of rotatable bonds is 2. The highest BCUT2D eigenvalue weighted by Crippen LogP contribution is 2.24. The van der Waals surface area contributed by atoms with E-state index >= 15 is 0 Å². The highest BCUT2D eigenvalue weighted by atomic mass is 79.9. The van der Waals surface area contributed by atoms with Crippen LogP contribution in [0.4, 0.5) is 0 Å². The van der Waals surface area contributed by atoms with Crippen molar-refractivity contribution < 1.29 is 4.79 Å². The fourth-order valence-corrected chi connectivity index (χ4v) is 1.69. The number of aryl methyl sites for hydroxylation is 1. The Morgan fingerprint density at radius 1 is 1.33 bits per heavy atom. The Kier molecular flexibility index (Phi) is 3.72. The van der Waals surface area contributed by atoms with Crippen molar-refractivity contribution in [3.8, 4) is 0 Å². The Balaban J connectivity index is 2.91. The molecule has 0 bridgehead atoms. The zero-order valence-electron chi connectivity index (χ0n) is 9.73. The zero-order valence-corrected chi connectivity index (χ0v) is 11.3. The summed E-state index contributed by atoms with van der Waals surface area (Å²) in [5, 5.41) is 0. The number of ketones is 1. The molecule has 0 saturated heterocycles. The van der Waals surface area contributed by atoms with Crippen molar-refractivity contribution in [2.24, 2.45) is 5.41 Å². The van der Waals surface area contributed by atoms with Gasteiger partial charge in [0.1, 0.15) is 5.78 Å². The van der Waals surface area contributed by atoms with E-state index in [0.29, 0.717) is 6.42 Å². The van der Waals surface area contributed by atoms with Crippen LogP contribution >= 0.6 is 15.9 Å². The number of Topliss-reactive ketones (excluding diaryl/α,β-unsaturated/α-hetero) is 1. The van der Waals surface area contributed by atoms with Gasteiger partial charge in [0.05, 0.1) is 0 Å². The van der Waals surface area contributed by atoms with Gasteiger partial charge in [0.25, 0.3) is 0 Å². The van der Waals surface area contributed by atoms with Crippen LogP contribution in [0.2, 0.25) is 0 Å². The molecule has 0 saturated carbocycles. The highest BCUT2D eigenvalue weighted by molar-refractivity contribution is 9.10. The second-order valence-electron chi connectivity index (χ2n) is 4.90. The number of hydrogen-bond acceptors (Lipinski definition) is 1. The standard InChI is InChI=1S/C13H17BrO/c1-9-6-5-7-10(12(9)14)8-11(15)13(2,3)4/h5-7H,8H2,1-4H3. The van der Waals surface area contributed by atoms with Gasteiger partial charge in [-0.05, 0) is 18.1 Å². The van der Waals surface area contributed by atoms with Crippen LogP contribution in [0, 0.1) is 12.3 Å². The van der Waals surface area contributed by atoms with E-state index in [2.05, 4.69) is 15.9 Å². The molecule has 1 rings (SSSR count). The average Bonchev–Trinajstić information content (AvgIpc) is 2.11. The van der Waals surface area contributed by atoms with Crippen LogP contribution in [0.3, 0.4) is 0 Å². The normalized spacial score (nSPS) is 11.5. The molecular weight excluding hydrogens is 252 g/mol. The molecule has 0 heterocycles. The smallest absolute Gasteiger partial charge is 0.142 e. The predicted molar refractivity (Wildman–Crippen MR) is 67.0 cm³/mol. The molecule has 0 spiro atoms. The summed E-state index contributed by atoms with van der Waals surface area (Å²) in [6.07, 6.45) is 0.506. The van der Waals surface area contributed by atoms with Crippen molar-refractivity contribution >= 4 is 21.7 Å². The third-order valence-corrected chi connectivity index (χ3v) is 3.59. The minimum Gasteiger partial charge on any atom is -0.299 e. The molecule has 0 aromatic heterocycles. The number of hydrogen-bond donors (Lipinski definition) is 0. The van der Waals surface area contributed by atoms with Crippen molar-refractivity contribution in [3.05, 3.63) is 33.8 Å². The maximum absolute atomic E-state index is 11.9. The summed E-state index contributed by atoms with van der Waals surface area (Å²) in [7, 11) is 0. The van der Waals surface area contributed by atoms with E-state index in [-0.39, 0.29) is 11.2 Å². The third-order valence-electron chi connectivity index (χ3n) is 2.46. The molecule has 1 nitrogen and oxygen atoms in total. The van der Waals surface area contributed by atoms with Gasteiger partial charge in [0.2, 0.25) is 0 Å². The molecule has 0 N–H and O–H groups in total. The van der Waals surface area contributed by atoms with E-state index in [4.69, 9.17) is 0 Å². The lowest BCUT2D eigenvalue weighted by Crippen LogP contribution is -2.22. The van der Waals surface area contributed by atoms with Crippen molar-refractivity contribution in [2.75, 3.05) is 0 Å². The molecule has 1 aromatic carbocycles. The summed E-state index contributed by atoms with van der Waals surface area (Å²) >= 11 is 3.52. The van der Waals surface area contributed by atoms with Gasteiger partial charge in [0.15, 0.2) is 0 Å². The Labute approximate surface area is 100 Å². The summed E-state index contributed by atoms with van der Waals surface area (Å²) < 4.78 is 1.06. The minimum absolute atomic E-state index is 0.261. The van der Waals surface area contributed by atoms with Gasteiger partial charge in [-0.1, -0.05) is 54.9 Å². The van der Waals surface area contributed by atoms with Crippen LogP contribution in [0.25, 0.3) is 0 Å². The van der Waals surface area contributed by atoms with Gasteiger partial charge in [-0.25, -0.2) is 0 Å². The number of carbonyl (C=O) groups is 1. The van der Waals surface area contributed by atoms with Crippen molar-refractivity contribution in [2.45, 2.75) is 34.1 Å². The lowest BCUT2D eigenvalue weighted by molar-refractivity contribution is -0.125. The number of carbonyl (C=O) groups excluding carboxylic acids is 1. The second kappa shape index (κ2) is 4.48. The fourth-order valence-electron chi connectivity index (χ4n) is 1.28. The Bertz CT molecular complexity index is 375. The van der Waals surface area contributed by atoms with Gasteiger partial charge in [-0.2, -0.15) is 0 Å². The van der Waals surface area contributed by atoms with Gasteiger partial charge < -0.3 is 0 Å². The molecule has 0 amide bonds. The van der Waals surface area contributed by atoms with Crippen LogP contribution in [0.5, 0.6) is 0 Å². The molecule has 82 valence electrons. The van der Waals surface area contributed by atoms with E-state index < -0.39 is 0 Å². The van der Waals surface area contributed by atoms with Gasteiger partial charge in [-0.3, -0.25) is 4.79 Å². The van der Waals surface area contributed by atoms with Crippen LogP contribution in [-0.4, -0.2) is 5.78 Å². The first kappa shape index (κ1) is 12.4. The first-order valence-electron chi connectivity index (χ1n) is 5.09. The first-order valence-corrected chi connectivity index (χ1v) is 5.89. The molecule has 0 aliphatic heterocycles. The van der Waals surface area contributed by atoms with E-state index in [1.165, 1.54) is 5.56 Å². The third kappa shape index (κ3) is 3.16. The van der Waals surface area contributed by atoms with Crippen molar-refractivity contribution in [1.82, 2.24) is 0 Å². The molecule has 0 aliphatic rings. The topological polar surface area (TPSA) is 17.1 Å². The quantitative estimate of drug-likeness (QED) is 0.795. The second-order valence-corrected chi connectivity index (χ2v) is 5.69. The minimum atomic E-state index is -0.261. The van der Waals surface area contributed by atoms with Gasteiger partial charge in [0, 0.05) is 16.3 Å². The average molecular weight is 269 g/mol. The van der Waals surface area contributed by atoms with E-state index in [9.17, 15) is 4.79 Å². The lowest BCUT2D eigenvalue weighted by Gasteiger charge is -2.17. The molecule has 2 heteroatoms. The molecule has 0 fully saturated rings. The van der Waals surface area contributed by atoms with E-state index in [0.717, 1.165) is 10.0 Å². The van der Waals surface area contributed by atoms with Crippen molar-refractivity contribution in [3.63, 3.8) is 0 Å². The van der Waals surface area contributed by atoms with Crippen LogP contribution in [0.1, 0.15) is 31.9 Å². The van der Waals surface area contributed by atoms with Gasteiger partial charge in [-0.15, -0.1) is 0 Å². The predicted octanol–water partition coefficient (Wildman–Crippen LogP) is 3.92. The lowest BCUT2D eigenvalue weighted by atomic mass is 9.87. The summed E-state index contributed by atoms with van der Waals surface area (Å²) in [6.45, 7) is 7.91. The van der Waals surface area contributed by atoms with Crippen molar-refractivity contribution in [1.29, 1.82) is 0 Å². The Morgan fingerprint density at radius 3 is 2.47 bits per heavy atom. The molecule has 0 atom stereocenters. The maximum atomic E-state index is 11.9. The summed E-state index contributed by atoms with van der Waals surface area (Å²) in [4.78, 5) is 11.9. The van der Waals surface area contributed by atoms with Crippen LogP contribution < -0.4 is 0 Å². The highest BCUT2D eigenvalue weighted by Gasteiger charge is 2.21.